The highest BCUT2D eigenvalue weighted by Gasteiger charge is 2.17. The summed E-state index contributed by atoms with van der Waals surface area (Å²) in [6.07, 6.45) is 0. The molecule has 70 valence electrons. The van der Waals surface area contributed by atoms with Crippen LogP contribution in [0.5, 0.6) is 11.5 Å². The minimum atomic E-state index is -0.838. The fourth-order valence-electron chi connectivity index (χ4n) is 0.841. The minimum absolute atomic E-state index is 0.393. The van der Waals surface area contributed by atoms with Gasteiger partial charge in [0.15, 0.2) is 5.69 Å². The van der Waals surface area contributed by atoms with Crippen LogP contribution in [0.1, 0.15) is 0 Å². The molecular weight excluding hydrogens is 227 g/mol. The molecule has 0 bridgehead atoms. The molecule has 0 unspecified atom stereocenters. The Hall–Kier alpha value is -1.62. The van der Waals surface area contributed by atoms with Crippen LogP contribution in [-0.4, -0.2) is 5.11 Å². The molecule has 6 heteroatoms. The lowest BCUT2D eigenvalue weighted by molar-refractivity contribution is -0.266. The first-order valence-corrected chi connectivity index (χ1v) is 3.96. The van der Waals surface area contributed by atoms with Crippen molar-refractivity contribution in [2.45, 2.75) is 0 Å². The van der Waals surface area contributed by atoms with Crippen LogP contribution in [-0.2, 0) is 0 Å². The van der Waals surface area contributed by atoms with Crippen LogP contribution < -0.4 is 5.11 Å². The standard InChI is InChI=1S/C8H2Cl2N2O2/c1-11-5-6(12-2)8(14)4(10)3(9)7(5)13/h13-14H/p-1. The number of phenols is 1. The molecule has 0 fully saturated rings. The molecule has 1 aromatic rings. The van der Waals surface area contributed by atoms with E-state index in [1.807, 2.05) is 0 Å². The Morgan fingerprint density at radius 3 is 2.00 bits per heavy atom. The van der Waals surface area contributed by atoms with E-state index in [1.165, 1.54) is 0 Å². The highest BCUT2D eigenvalue weighted by Crippen LogP contribution is 2.51. The molecular formula is C8HCl2N2O2-. The van der Waals surface area contributed by atoms with Crippen molar-refractivity contribution in [3.05, 3.63) is 32.9 Å². The summed E-state index contributed by atoms with van der Waals surface area (Å²) in [6, 6.07) is 0. The molecule has 1 N–H and O–H groups in total. The Bertz CT molecular complexity index is 441. The van der Waals surface area contributed by atoms with Gasteiger partial charge in [-0.3, -0.25) is 4.85 Å². The number of rotatable bonds is 0. The molecule has 0 aliphatic carbocycles. The Morgan fingerprint density at radius 2 is 1.57 bits per heavy atom. The van der Waals surface area contributed by atoms with Crippen molar-refractivity contribution in [2.24, 2.45) is 0 Å². The van der Waals surface area contributed by atoms with Gasteiger partial charge in [-0.1, -0.05) is 29.0 Å². The second-order valence-electron chi connectivity index (χ2n) is 2.23. The molecule has 0 saturated carbocycles. The number of hydrogen-bond donors (Lipinski definition) is 1. The van der Waals surface area contributed by atoms with Gasteiger partial charge in [0.2, 0.25) is 5.69 Å². The molecule has 4 nitrogen and oxygen atoms in total. The lowest BCUT2D eigenvalue weighted by Crippen LogP contribution is -1.92. The molecule has 0 amide bonds. The predicted octanol–water partition coefficient (Wildman–Crippen LogP) is 2.87. The first-order chi connectivity index (χ1) is 6.54. The predicted molar refractivity (Wildman–Crippen MR) is 50.1 cm³/mol. The third kappa shape index (κ3) is 1.31. The minimum Gasteiger partial charge on any atom is -0.881 e. The molecule has 1 rings (SSSR count). The zero-order chi connectivity index (χ0) is 10.9. The number of halogens is 2. The zero-order valence-electron chi connectivity index (χ0n) is 6.51. The summed E-state index contributed by atoms with van der Waals surface area (Å²) in [5.41, 5.74) is -0.966. The van der Waals surface area contributed by atoms with Crippen molar-refractivity contribution in [2.75, 3.05) is 0 Å². The Kier molecular flexibility index (Phi) is 2.71. The lowest BCUT2D eigenvalue weighted by atomic mass is 10.2. The van der Waals surface area contributed by atoms with Crippen LogP contribution in [0.15, 0.2) is 0 Å². The second kappa shape index (κ2) is 3.63. The van der Waals surface area contributed by atoms with E-state index in [2.05, 4.69) is 9.69 Å². The second-order valence-corrected chi connectivity index (χ2v) is 2.98. The van der Waals surface area contributed by atoms with E-state index in [0.717, 1.165) is 0 Å². The maximum absolute atomic E-state index is 11.3. The molecule has 1 aromatic carbocycles. The lowest BCUT2D eigenvalue weighted by Gasteiger charge is -2.15. The van der Waals surface area contributed by atoms with Gasteiger partial charge in [0, 0.05) is 5.02 Å². The molecule has 0 aliphatic rings. The molecule has 0 radical (unpaired) electrons. The van der Waals surface area contributed by atoms with Gasteiger partial charge in [-0.15, -0.1) is 0 Å². The average molecular weight is 228 g/mol. The summed E-state index contributed by atoms with van der Waals surface area (Å²) in [7, 11) is 0. The first-order valence-electron chi connectivity index (χ1n) is 3.20. The van der Waals surface area contributed by atoms with Crippen molar-refractivity contribution in [1.82, 2.24) is 0 Å². The summed E-state index contributed by atoms with van der Waals surface area (Å²) in [5.74, 6) is -1.47. The van der Waals surface area contributed by atoms with E-state index >= 15 is 0 Å². The van der Waals surface area contributed by atoms with Crippen molar-refractivity contribution in [1.29, 1.82) is 0 Å². The Labute approximate surface area is 89.6 Å². The summed E-state index contributed by atoms with van der Waals surface area (Å²) in [4.78, 5) is 5.67. The van der Waals surface area contributed by atoms with Crippen LogP contribution in [0.3, 0.4) is 0 Å². The zero-order valence-corrected chi connectivity index (χ0v) is 8.02. The van der Waals surface area contributed by atoms with Gasteiger partial charge in [0.05, 0.1) is 18.2 Å². The Morgan fingerprint density at radius 1 is 1.07 bits per heavy atom. The van der Waals surface area contributed by atoms with Gasteiger partial charge in [0.25, 0.3) is 0 Å². The van der Waals surface area contributed by atoms with Gasteiger partial charge in [0.1, 0.15) is 5.75 Å². The van der Waals surface area contributed by atoms with E-state index in [9.17, 15) is 10.2 Å². The quantitative estimate of drug-likeness (QED) is 0.694. The normalized spacial score (nSPS) is 9.14. The highest BCUT2D eigenvalue weighted by atomic mass is 35.5. The van der Waals surface area contributed by atoms with Gasteiger partial charge < -0.3 is 10.2 Å². The third-order valence-electron chi connectivity index (χ3n) is 1.49. The van der Waals surface area contributed by atoms with Gasteiger partial charge >= 0.3 is 0 Å². The van der Waals surface area contributed by atoms with E-state index in [0.29, 0.717) is 0 Å². The molecule has 0 heterocycles. The van der Waals surface area contributed by atoms with Crippen LogP contribution in [0, 0.1) is 13.1 Å². The third-order valence-corrected chi connectivity index (χ3v) is 2.31. The van der Waals surface area contributed by atoms with Gasteiger partial charge in [-0.05, 0) is 0 Å². The first kappa shape index (κ1) is 10.5. The Balaban J connectivity index is 3.79. The van der Waals surface area contributed by atoms with E-state index in [1.54, 1.807) is 0 Å². The molecule has 14 heavy (non-hydrogen) atoms. The maximum atomic E-state index is 11.3. The fourth-order valence-corrected chi connectivity index (χ4v) is 1.20. The summed E-state index contributed by atoms with van der Waals surface area (Å²) < 4.78 is 0. The number of phenolic OH excluding ortho intramolecular Hbond substituents is 1. The van der Waals surface area contributed by atoms with Crippen molar-refractivity contribution < 1.29 is 10.2 Å². The summed E-state index contributed by atoms with van der Waals surface area (Å²) >= 11 is 10.9. The number of aromatic hydroxyl groups is 1. The number of nitrogens with zero attached hydrogens (tertiary/aromatic N) is 2. The molecule has 0 saturated heterocycles. The molecule has 0 aromatic heterocycles. The molecule has 0 spiro atoms. The topological polar surface area (TPSA) is 52.0 Å². The van der Waals surface area contributed by atoms with Crippen LogP contribution in [0.25, 0.3) is 9.69 Å². The van der Waals surface area contributed by atoms with Crippen molar-refractivity contribution in [3.63, 3.8) is 0 Å². The SMILES string of the molecule is [C-]#[N+]c1c([O-])c(Cl)c(Cl)c(O)c1[N+]#[C-]. The number of benzene rings is 1. The highest BCUT2D eigenvalue weighted by molar-refractivity contribution is 6.44. The largest absolute Gasteiger partial charge is 0.881 e. The smallest absolute Gasteiger partial charge is 0.236 e. The van der Waals surface area contributed by atoms with E-state index in [-0.39, 0.29) is 0 Å². The van der Waals surface area contributed by atoms with Crippen LogP contribution in [0.2, 0.25) is 10.0 Å². The van der Waals surface area contributed by atoms with Crippen molar-refractivity contribution >= 4 is 34.6 Å². The average Bonchev–Trinajstić information content (AvgIpc) is 2.20. The van der Waals surface area contributed by atoms with E-state index in [4.69, 9.17) is 36.3 Å². The fraction of sp³-hybridized carbons (Fsp3) is 0. The van der Waals surface area contributed by atoms with Crippen LogP contribution in [0.4, 0.5) is 11.4 Å². The van der Waals surface area contributed by atoms with Gasteiger partial charge in [-0.25, -0.2) is 4.85 Å². The van der Waals surface area contributed by atoms with Crippen molar-refractivity contribution in [3.8, 4) is 11.5 Å². The summed E-state index contributed by atoms with van der Waals surface area (Å²) in [5, 5.41) is 19.7. The number of hydrogen-bond acceptors (Lipinski definition) is 2. The molecule has 0 atom stereocenters. The molecule has 0 aliphatic heterocycles. The van der Waals surface area contributed by atoms with Gasteiger partial charge in [-0.2, -0.15) is 0 Å². The van der Waals surface area contributed by atoms with E-state index < -0.39 is 32.9 Å². The maximum Gasteiger partial charge on any atom is 0.236 e. The monoisotopic (exact) mass is 227 g/mol. The van der Waals surface area contributed by atoms with Crippen LogP contribution >= 0.6 is 23.2 Å². The summed E-state index contributed by atoms with van der Waals surface area (Å²) in [6.45, 7) is 13.3.